The van der Waals surface area contributed by atoms with E-state index in [1.54, 1.807) is 42.5 Å². The zero-order valence-corrected chi connectivity index (χ0v) is 12.7. The normalized spacial score (nSPS) is 14.3. The van der Waals surface area contributed by atoms with Crippen LogP contribution in [-0.2, 0) is 4.74 Å². The van der Waals surface area contributed by atoms with E-state index in [-0.39, 0.29) is 11.5 Å². The van der Waals surface area contributed by atoms with Gasteiger partial charge in [-0.15, -0.1) is 0 Å². The van der Waals surface area contributed by atoms with Crippen LogP contribution < -0.4 is 9.47 Å². The summed E-state index contributed by atoms with van der Waals surface area (Å²) in [7, 11) is 2.77. The van der Waals surface area contributed by atoms with Gasteiger partial charge in [-0.25, -0.2) is 4.79 Å². The largest absolute Gasteiger partial charge is 0.496 e. The second-order valence-electron chi connectivity index (χ2n) is 4.89. The quantitative estimate of drug-likeness (QED) is 0.644. The van der Waals surface area contributed by atoms with Gasteiger partial charge in [0.25, 0.3) is 0 Å². The Morgan fingerprint density at radius 1 is 1.13 bits per heavy atom. The lowest BCUT2D eigenvalue weighted by Crippen LogP contribution is -2.04. The second kappa shape index (κ2) is 5.96. The number of hydrogen-bond acceptors (Lipinski definition) is 5. The van der Waals surface area contributed by atoms with Crippen molar-refractivity contribution in [3.8, 4) is 11.5 Å². The average Bonchev–Trinajstić information content (AvgIpc) is 2.90. The van der Waals surface area contributed by atoms with E-state index >= 15 is 0 Å². The van der Waals surface area contributed by atoms with E-state index in [1.807, 2.05) is 6.07 Å². The summed E-state index contributed by atoms with van der Waals surface area (Å²) >= 11 is 0. The molecule has 1 aliphatic rings. The number of rotatable bonds is 3. The molecule has 23 heavy (non-hydrogen) atoms. The molecule has 1 heterocycles. The lowest BCUT2D eigenvalue weighted by molar-refractivity contribution is 0.0597. The van der Waals surface area contributed by atoms with Crippen molar-refractivity contribution in [1.29, 1.82) is 0 Å². The molecule has 0 fully saturated rings. The third-order valence-electron chi connectivity index (χ3n) is 3.50. The minimum Gasteiger partial charge on any atom is -0.496 e. The first-order chi connectivity index (χ1) is 11.1. The molecule has 0 bridgehead atoms. The van der Waals surface area contributed by atoms with Crippen molar-refractivity contribution in [2.45, 2.75) is 0 Å². The van der Waals surface area contributed by atoms with Crippen molar-refractivity contribution in [3.05, 3.63) is 64.9 Å². The van der Waals surface area contributed by atoms with Gasteiger partial charge >= 0.3 is 5.97 Å². The average molecular weight is 310 g/mol. The van der Waals surface area contributed by atoms with Crippen LogP contribution in [0.2, 0.25) is 0 Å². The first-order valence-corrected chi connectivity index (χ1v) is 6.93. The molecule has 2 aromatic carbocycles. The van der Waals surface area contributed by atoms with Gasteiger partial charge < -0.3 is 14.2 Å². The summed E-state index contributed by atoms with van der Waals surface area (Å²) in [6.45, 7) is 0. The molecule has 3 rings (SSSR count). The van der Waals surface area contributed by atoms with Gasteiger partial charge in [0, 0.05) is 0 Å². The van der Waals surface area contributed by atoms with Gasteiger partial charge in [-0.3, -0.25) is 4.79 Å². The van der Waals surface area contributed by atoms with Crippen molar-refractivity contribution < 1.29 is 23.8 Å². The van der Waals surface area contributed by atoms with Crippen LogP contribution in [0.15, 0.2) is 48.2 Å². The van der Waals surface area contributed by atoms with Crippen molar-refractivity contribution in [2.75, 3.05) is 14.2 Å². The van der Waals surface area contributed by atoms with Crippen LogP contribution in [0.1, 0.15) is 26.3 Å². The molecule has 116 valence electrons. The van der Waals surface area contributed by atoms with E-state index in [4.69, 9.17) is 14.2 Å². The Hall–Kier alpha value is -3.08. The molecule has 1 aliphatic heterocycles. The van der Waals surface area contributed by atoms with Crippen LogP contribution in [0.4, 0.5) is 0 Å². The highest BCUT2D eigenvalue weighted by Gasteiger charge is 2.26. The lowest BCUT2D eigenvalue weighted by Gasteiger charge is -2.07. The van der Waals surface area contributed by atoms with Crippen molar-refractivity contribution in [2.24, 2.45) is 0 Å². The smallest absolute Gasteiger partial charge is 0.341 e. The fraction of sp³-hybridized carbons (Fsp3) is 0.111. The minimum absolute atomic E-state index is 0.170. The predicted octanol–water partition coefficient (Wildman–Crippen LogP) is 3.10. The van der Waals surface area contributed by atoms with Gasteiger partial charge in [0.1, 0.15) is 17.1 Å². The van der Waals surface area contributed by atoms with E-state index in [2.05, 4.69) is 0 Å². The Kier molecular flexibility index (Phi) is 3.85. The van der Waals surface area contributed by atoms with Crippen molar-refractivity contribution >= 4 is 17.8 Å². The standard InChI is InChI=1S/C18H14O5/c1-21-15-9-11(7-8-13(15)18(20)22-2)10-16-17(19)12-5-3-4-6-14(12)23-16/h3-10H,1-2H3. The van der Waals surface area contributed by atoms with Gasteiger partial charge in [0.2, 0.25) is 5.78 Å². The molecule has 0 spiro atoms. The minimum atomic E-state index is -0.485. The molecular formula is C18H14O5. The number of benzene rings is 2. The molecule has 0 aliphatic carbocycles. The van der Waals surface area contributed by atoms with Crippen LogP contribution in [0.3, 0.4) is 0 Å². The van der Waals surface area contributed by atoms with Gasteiger partial charge in [0.15, 0.2) is 5.76 Å². The van der Waals surface area contributed by atoms with Gasteiger partial charge in [0.05, 0.1) is 19.8 Å². The number of carbonyl (C=O) groups excluding carboxylic acids is 2. The first kappa shape index (κ1) is 14.8. The van der Waals surface area contributed by atoms with E-state index in [0.717, 1.165) is 0 Å². The maximum atomic E-state index is 12.3. The number of allylic oxidation sites excluding steroid dienone is 1. The van der Waals surface area contributed by atoms with Crippen LogP contribution in [0.5, 0.6) is 11.5 Å². The monoisotopic (exact) mass is 310 g/mol. The number of ether oxygens (including phenoxy) is 3. The van der Waals surface area contributed by atoms with E-state index in [1.165, 1.54) is 14.2 Å². The number of fused-ring (bicyclic) bond motifs is 1. The Morgan fingerprint density at radius 3 is 2.61 bits per heavy atom. The molecule has 0 N–H and O–H groups in total. The van der Waals surface area contributed by atoms with Crippen LogP contribution in [-0.4, -0.2) is 26.0 Å². The summed E-state index contributed by atoms with van der Waals surface area (Å²) in [5, 5.41) is 0. The number of esters is 1. The molecule has 5 nitrogen and oxygen atoms in total. The molecule has 5 heteroatoms. The molecule has 0 aromatic heterocycles. The summed E-state index contributed by atoms with van der Waals surface area (Å²) in [6, 6.07) is 12.0. The third-order valence-corrected chi connectivity index (χ3v) is 3.50. The van der Waals surface area contributed by atoms with Gasteiger partial charge in [-0.1, -0.05) is 18.2 Å². The zero-order chi connectivity index (χ0) is 16.4. The summed E-state index contributed by atoms with van der Waals surface area (Å²) in [4.78, 5) is 23.9. The highest BCUT2D eigenvalue weighted by atomic mass is 16.5. The van der Waals surface area contributed by atoms with Crippen molar-refractivity contribution in [1.82, 2.24) is 0 Å². The summed E-state index contributed by atoms with van der Waals surface area (Å²) in [6.07, 6.45) is 1.62. The molecule has 0 unspecified atom stereocenters. The second-order valence-corrected chi connectivity index (χ2v) is 4.89. The Balaban J connectivity index is 1.95. The molecule has 0 atom stereocenters. The molecule has 2 aromatic rings. The fourth-order valence-electron chi connectivity index (χ4n) is 2.36. The predicted molar refractivity (Wildman–Crippen MR) is 83.7 cm³/mol. The Morgan fingerprint density at radius 2 is 1.91 bits per heavy atom. The Labute approximate surface area is 133 Å². The maximum Gasteiger partial charge on any atom is 0.341 e. The summed E-state index contributed by atoms with van der Waals surface area (Å²) in [5.41, 5.74) is 1.54. The maximum absolute atomic E-state index is 12.3. The van der Waals surface area contributed by atoms with E-state index < -0.39 is 5.97 Å². The number of para-hydroxylation sites is 1. The molecule has 0 saturated carbocycles. The van der Waals surface area contributed by atoms with E-state index in [9.17, 15) is 9.59 Å². The highest BCUT2D eigenvalue weighted by Crippen LogP contribution is 2.32. The summed E-state index contributed by atoms with van der Waals surface area (Å²) in [5.74, 6) is 0.494. The van der Waals surface area contributed by atoms with E-state index in [0.29, 0.717) is 28.2 Å². The zero-order valence-electron chi connectivity index (χ0n) is 12.7. The topological polar surface area (TPSA) is 61.8 Å². The third kappa shape index (κ3) is 2.68. The SMILES string of the molecule is COC(=O)c1ccc(C=C2Oc3ccccc3C2=O)cc1OC. The number of hydrogen-bond donors (Lipinski definition) is 0. The van der Waals surface area contributed by atoms with Gasteiger partial charge in [-0.05, 0) is 35.9 Å². The van der Waals surface area contributed by atoms with Crippen LogP contribution in [0, 0.1) is 0 Å². The molecule has 0 amide bonds. The van der Waals surface area contributed by atoms with Gasteiger partial charge in [-0.2, -0.15) is 0 Å². The number of carbonyl (C=O) groups is 2. The summed E-state index contributed by atoms with van der Waals surface area (Å²) < 4.78 is 15.5. The first-order valence-electron chi connectivity index (χ1n) is 6.93. The fourth-order valence-corrected chi connectivity index (χ4v) is 2.36. The molecule has 0 saturated heterocycles. The Bertz CT molecular complexity index is 820. The molecule has 0 radical (unpaired) electrons. The lowest BCUT2D eigenvalue weighted by atomic mass is 10.1. The van der Waals surface area contributed by atoms with Crippen molar-refractivity contribution in [3.63, 3.8) is 0 Å². The number of ketones is 1. The van der Waals surface area contributed by atoms with Crippen LogP contribution >= 0.6 is 0 Å². The number of Topliss-reactive ketones (excluding diaryl/α,β-unsaturated/α-hetero) is 1. The highest BCUT2D eigenvalue weighted by molar-refractivity contribution is 6.14. The van der Waals surface area contributed by atoms with Crippen LogP contribution in [0.25, 0.3) is 6.08 Å². The number of methoxy groups -OCH3 is 2. The molecular weight excluding hydrogens is 296 g/mol.